The summed E-state index contributed by atoms with van der Waals surface area (Å²) in [5.41, 5.74) is 0. The summed E-state index contributed by atoms with van der Waals surface area (Å²) in [6, 6.07) is 5.20. The van der Waals surface area contributed by atoms with Gasteiger partial charge in [-0.15, -0.1) is 0 Å². The minimum absolute atomic E-state index is 0.0364. The van der Waals surface area contributed by atoms with Gasteiger partial charge < -0.3 is 5.32 Å². The third-order valence-electron chi connectivity index (χ3n) is 3.47. The van der Waals surface area contributed by atoms with Gasteiger partial charge in [-0.2, -0.15) is 4.31 Å². The summed E-state index contributed by atoms with van der Waals surface area (Å²) in [6.07, 6.45) is 1.92. The maximum atomic E-state index is 12.8. The molecule has 0 radical (unpaired) electrons. The highest BCUT2D eigenvalue weighted by Gasteiger charge is 2.32. The SMILES string of the molecule is CCN(C1CCCNC1)S(=O)(=O)c1ccc(Br)cc1Br. The van der Waals surface area contributed by atoms with Gasteiger partial charge in [0.2, 0.25) is 10.0 Å². The Morgan fingerprint density at radius 3 is 2.70 bits per heavy atom. The van der Waals surface area contributed by atoms with E-state index in [1.165, 1.54) is 0 Å². The van der Waals surface area contributed by atoms with Gasteiger partial charge in [0.15, 0.2) is 0 Å². The van der Waals surface area contributed by atoms with Crippen LogP contribution in [0, 0.1) is 0 Å². The molecule has 0 aliphatic carbocycles. The molecule has 4 nitrogen and oxygen atoms in total. The normalized spacial score (nSPS) is 20.3. The van der Waals surface area contributed by atoms with E-state index in [4.69, 9.17) is 0 Å². The molecule has 1 aromatic carbocycles. The van der Waals surface area contributed by atoms with E-state index in [-0.39, 0.29) is 6.04 Å². The minimum Gasteiger partial charge on any atom is -0.315 e. The second-order valence-corrected chi connectivity index (χ2v) is 8.41. The molecule has 1 N–H and O–H groups in total. The molecule has 0 spiro atoms. The van der Waals surface area contributed by atoms with Crippen molar-refractivity contribution in [3.8, 4) is 0 Å². The van der Waals surface area contributed by atoms with Crippen molar-refractivity contribution in [2.24, 2.45) is 0 Å². The van der Waals surface area contributed by atoms with Crippen molar-refractivity contribution in [1.29, 1.82) is 0 Å². The average molecular weight is 426 g/mol. The molecule has 1 aliphatic heterocycles. The summed E-state index contributed by atoms with van der Waals surface area (Å²) in [6.45, 7) is 4.06. The van der Waals surface area contributed by atoms with E-state index in [0.29, 0.717) is 15.9 Å². The molecule has 1 fully saturated rings. The summed E-state index contributed by atoms with van der Waals surface area (Å²) >= 11 is 6.70. The van der Waals surface area contributed by atoms with E-state index in [0.717, 1.165) is 30.4 Å². The van der Waals surface area contributed by atoms with Crippen LogP contribution < -0.4 is 5.32 Å². The van der Waals surface area contributed by atoms with Gasteiger partial charge in [0.25, 0.3) is 0 Å². The van der Waals surface area contributed by atoms with Crippen LogP contribution in [0.3, 0.4) is 0 Å². The van der Waals surface area contributed by atoms with Gasteiger partial charge in [-0.05, 0) is 53.5 Å². The van der Waals surface area contributed by atoms with Crippen LogP contribution in [-0.2, 0) is 10.0 Å². The molecule has 1 unspecified atom stereocenters. The predicted octanol–water partition coefficient (Wildman–Crippen LogP) is 2.97. The lowest BCUT2D eigenvalue weighted by Gasteiger charge is -2.33. The molecule has 0 amide bonds. The van der Waals surface area contributed by atoms with Crippen molar-refractivity contribution < 1.29 is 8.42 Å². The molecule has 2 rings (SSSR count). The van der Waals surface area contributed by atoms with E-state index in [1.807, 2.05) is 6.92 Å². The highest BCUT2D eigenvalue weighted by Crippen LogP contribution is 2.29. The second kappa shape index (κ2) is 6.87. The quantitative estimate of drug-likeness (QED) is 0.806. The Labute approximate surface area is 137 Å². The number of hydrogen-bond donors (Lipinski definition) is 1. The lowest BCUT2D eigenvalue weighted by molar-refractivity contribution is 0.274. The molecule has 0 aromatic heterocycles. The summed E-state index contributed by atoms with van der Waals surface area (Å²) in [5, 5.41) is 3.27. The number of hydrogen-bond acceptors (Lipinski definition) is 3. The van der Waals surface area contributed by atoms with Gasteiger partial charge in [-0.3, -0.25) is 0 Å². The molecule has 1 atom stereocenters. The van der Waals surface area contributed by atoms with Crippen LogP contribution in [0.2, 0.25) is 0 Å². The number of sulfonamides is 1. The first kappa shape index (κ1) is 16.4. The number of benzene rings is 1. The molecule has 1 aliphatic rings. The first-order valence-electron chi connectivity index (χ1n) is 6.64. The van der Waals surface area contributed by atoms with Crippen molar-refractivity contribution in [3.63, 3.8) is 0 Å². The fourth-order valence-corrected chi connectivity index (χ4v) is 5.89. The summed E-state index contributed by atoms with van der Waals surface area (Å²) in [4.78, 5) is 0.327. The molecule has 0 saturated carbocycles. The Bertz CT molecular complexity index is 572. The minimum atomic E-state index is -3.47. The molecular formula is C13H18Br2N2O2S. The highest BCUT2D eigenvalue weighted by atomic mass is 79.9. The van der Waals surface area contributed by atoms with E-state index >= 15 is 0 Å². The lowest BCUT2D eigenvalue weighted by atomic mass is 10.1. The monoisotopic (exact) mass is 424 g/mol. The van der Waals surface area contributed by atoms with Crippen molar-refractivity contribution >= 4 is 41.9 Å². The van der Waals surface area contributed by atoms with Crippen LogP contribution >= 0.6 is 31.9 Å². The molecule has 7 heteroatoms. The molecule has 1 aromatic rings. The zero-order valence-corrected chi connectivity index (χ0v) is 15.3. The largest absolute Gasteiger partial charge is 0.315 e. The zero-order chi connectivity index (χ0) is 14.8. The molecule has 0 bridgehead atoms. The maximum absolute atomic E-state index is 12.8. The number of rotatable bonds is 4. The maximum Gasteiger partial charge on any atom is 0.244 e. The average Bonchev–Trinajstić information content (AvgIpc) is 2.40. The third-order valence-corrected chi connectivity index (χ3v) is 6.97. The predicted molar refractivity (Wildman–Crippen MR) is 87.3 cm³/mol. The third kappa shape index (κ3) is 3.44. The van der Waals surface area contributed by atoms with Gasteiger partial charge >= 0.3 is 0 Å². The lowest BCUT2D eigenvalue weighted by Crippen LogP contribution is -2.48. The van der Waals surface area contributed by atoms with Gasteiger partial charge in [0, 0.05) is 28.1 Å². The standard InChI is InChI=1S/C13H18Br2N2O2S/c1-2-17(11-4-3-7-16-9-11)20(18,19)13-6-5-10(14)8-12(13)15/h5-6,8,11,16H,2-4,7,9H2,1H3. The first-order valence-corrected chi connectivity index (χ1v) is 9.67. The number of halogens is 2. The molecular weight excluding hydrogens is 408 g/mol. The summed E-state index contributed by atoms with van der Waals surface area (Å²) in [7, 11) is -3.47. The topological polar surface area (TPSA) is 49.4 Å². The number of piperidine rings is 1. The Morgan fingerprint density at radius 1 is 1.40 bits per heavy atom. The summed E-state index contributed by atoms with van der Waals surface area (Å²) < 4.78 is 28.7. The molecule has 20 heavy (non-hydrogen) atoms. The van der Waals surface area contributed by atoms with E-state index in [2.05, 4.69) is 37.2 Å². The molecule has 1 saturated heterocycles. The molecule has 1 heterocycles. The van der Waals surface area contributed by atoms with Crippen LogP contribution in [0.5, 0.6) is 0 Å². The van der Waals surface area contributed by atoms with Gasteiger partial charge in [-0.25, -0.2) is 8.42 Å². The van der Waals surface area contributed by atoms with Crippen molar-refractivity contribution in [3.05, 3.63) is 27.1 Å². The van der Waals surface area contributed by atoms with E-state index in [9.17, 15) is 8.42 Å². The Morgan fingerprint density at radius 2 is 2.15 bits per heavy atom. The highest BCUT2D eigenvalue weighted by molar-refractivity contribution is 9.11. The fraction of sp³-hybridized carbons (Fsp3) is 0.538. The van der Waals surface area contributed by atoms with Crippen LogP contribution in [0.4, 0.5) is 0 Å². The van der Waals surface area contributed by atoms with Crippen molar-refractivity contribution in [2.75, 3.05) is 19.6 Å². The van der Waals surface area contributed by atoms with Crippen molar-refractivity contribution in [2.45, 2.75) is 30.7 Å². The molecule has 112 valence electrons. The van der Waals surface area contributed by atoms with Gasteiger partial charge in [0.1, 0.15) is 0 Å². The number of nitrogens with one attached hydrogen (secondary N) is 1. The van der Waals surface area contributed by atoms with E-state index in [1.54, 1.807) is 22.5 Å². The van der Waals surface area contributed by atoms with Crippen LogP contribution in [0.1, 0.15) is 19.8 Å². The van der Waals surface area contributed by atoms with Crippen molar-refractivity contribution in [1.82, 2.24) is 9.62 Å². The van der Waals surface area contributed by atoms with Crippen LogP contribution in [0.25, 0.3) is 0 Å². The number of likely N-dealkylation sites (N-methyl/N-ethyl adjacent to an activating group) is 1. The van der Waals surface area contributed by atoms with Crippen LogP contribution in [-0.4, -0.2) is 38.4 Å². The van der Waals surface area contributed by atoms with Crippen LogP contribution in [0.15, 0.2) is 32.0 Å². The number of nitrogens with zero attached hydrogens (tertiary/aromatic N) is 1. The fourth-order valence-electron chi connectivity index (χ4n) is 2.51. The summed E-state index contributed by atoms with van der Waals surface area (Å²) in [5.74, 6) is 0. The Hall–Kier alpha value is 0.0500. The Balaban J connectivity index is 2.35. The first-order chi connectivity index (χ1) is 9.46. The smallest absolute Gasteiger partial charge is 0.244 e. The zero-order valence-electron chi connectivity index (χ0n) is 11.3. The second-order valence-electron chi connectivity index (χ2n) is 4.78. The Kier molecular flexibility index (Phi) is 5.64. The van der Waals surface area contributed by atoms with Gasteiger partial charge in [0.05, 0.1) is 4.90 Å². The van der Waals surface area contributed by atoms with E-state index < -0.39 is 10.0 Å². The van der Waals surface area contributed by atoms with Gasteiger partial charge in [-0.1, -0.05) is 22.9 Å².